The number of nitrogens with zero attached hydrogens (tertiary/aromatic N) is 4. The average molecular weight is 819 g/mol. The summed E-state index contributed by atoms with van der Waals surface area (Å²) in [6.07, 6.45) is -6.14. The van der Waals surface area contributed by atoms with Gasteiger partial charge in [0.15, 0.2) is 0 Å². The number of benzene rings is 1. The van der Waals surface area contributed by atoms with Gasteiger partial charge in [0.05, 0.1) is 29.2 Å². The number of amides is 2. The van der Waals surface area contributed by atoms with Crippen molar-refractivity contribution in [1.82, 2.24) is 14.8 Å². The molecule has 9 nitrogen and oxygen atoms in total. The zero-order valence-corrected chi connectivity index (χ0v) is 32.7. The van der Waals surface area contributed by atoms with Gasteiger partial charge in [0.1, 0.15) is 27.9 Å². The Morgan fingerprint density at radius 2 is 1.72 bits per heavy atom. The Hall–Kier alpha value is -4.65. The lowest BCUT2D eigenvalue weighted by Gasteiger charge is -2.51. The Labute approximate surface area is 330 Å². The van der Waals surface area contributed by atoms with Crippen LogP contribution < -0.4 is 9.47 Å². The average Bonchev–Trinajstić information content (AvgIpc) is 3.82. The van der Waals surface area contributed by atoms with E-state index in [0.29, 0.717) is 48.3 Å². The number of hydrogen-bond donors (Lipinski definition) is 0. The lowest BCUT2D eigenvalue weighted by molar-refractivity contribution is -0.160. The monoisotopic (exact) mass is 818 g/mol. The van der Waals surface area contributed by atoms with Gasteiger partial charge in [-0.2, -0.15) is 31.6 Å². The van der Waals surface area contributed by atoms with Gasteiger partial charge in [-0.1, -0.05) is 38.5 Å². The van der Waals surface area contributed by atoms with Crippen LogP contribution in [0.15, 0.2) is 54.0 Å². The maximum absolute atomic E-state index is 15.1. The van der Waals surface area contributed by atoms with Crippen molar-refractivity contribution in [3.05, 3.63) is 75.7 Å². The molecule has 306 valence electrons. The lowest BCUT2D eigenvalue weighted by Crippen LogP contribution is -2.68. The van der Waals surface area contributed by atoms with Gasteiger partial charge in [-0.15, -0.1) is 11.3 Å². The standard InChI is InChI=1S/C41H44F6N4O5S/c1-4-9-32-39(56-28-22-33(57-24-28)41(45,46)47,14-8-19-51(32)35(53)34-30(40(42,43)44)11-7-18-49-34)36(54)50-20-16-38(25-48,17-21-50)29-10-5-6-12-31(29)55-27-13-15-37(3,23-27)26(2)52/h5-7,10-12,18,22,24,27,32H,4,8-9,13-17,19-21,23H2,1-3H3/t27-,32-,37-,39+/m1/s1. The number of nitriles is 1. The summed E-state index contributed by atoms with van der Waals surface area (Å²) in [7, 11) is 0. The Balaban J connectivity index is 1.33. The molecule has 0 radical (unpaired) electrons. The minimum absolute atomic E-state index is 0.0281. The fraction of sp³-hybridized carbons (Fsp3) is 0.537. The second kappa shape index (κ2) is 15.9. The molecule has 0 N–H and O–H groups in total. The van der Waals surface area contributed by atoms with Gasteiger partial charge >= 0.3 is 12.4 Å². The molecule has 57 heavy (non-hydrogen) atoms. The number of piperidine rings is 2. The number of carbonyl (C=O) groups excluding carboxylic acids is 3. The minimum Gasteiger partial charge on any atom is -0.490 e. The lowest BCUT2D eigenvalue weighted by atomic mass is 9.72. The number of ketones is 1. The molecule has 0 spiro atoms. The van der Waals surface area contributed by atoms with Crippen LogP contribution in [0.1, 0.15) is 105 Å². The normalized spacial score (nSPS) is 25.1. The number of thiophene rings is 1. The van der Waals surface area contributed by atoms with Crippen LogP contribution in [0.2, 0.25) is 0 Å². The Kier molecular flexibility index (Phi) is 11.7. The number of para-hydroxylation sites is 1. The summed E-state index contributed by atoms with van der Waals surface area (Å²) < 4.78 is 96.4. The van der Waals surface area contributed by atoms with Crippen LogP contribution in [0.25, 0.3) is 0 Å². The number of pyridine rings is 1. The van der Waals surface area contributed by atoms with Crippen molar-refractivity contribution in [1.29, 1.82) is 5.26 Å². The highest BCUT2D eigenvalue weighted by Gasteiger charge is 2.57. The molecular weight excluding hydrogens is 775 g/mol. The summed E-state index contributed by atoms with van der Waals surface area (Å²) in [4.78, 5) is 46.9. The molecule has 3 aliphatic rings. The van der Waals surface area contributed by atoms with Gasteiger partial charge in [0.25, 0.3) is 11.8 Å². The Bertz CT molecular complexity index is 2020. The van der Waals surface area contributed by atoms with E-state index in [-0.39, 0.29) is 69.4 Å². The molecule has 2 amide bonds. The maximum Gasteiger partial charge on any atom is 0.425 e. The van der Waals surface area contributed by atoms with Gasteiger partial charge in [-0.25, -0.2) is 0 Å². The van der Waals surface area contributed by atoms with Crippen LogP contribution in [0.4, 0.5) is 26.3 Å². The number of aromatic nitrogens is 1. The number of rotatable bonds is 10. The molecule has 6 rings (SSSR count). The van der Waals surface area contributed by atoms with Gasteiger partial charge in [0, 0.05) is 54.7 Å². The first-order valence-electron chi connectivity index (χ1n) is 19.0. The molecule has 0 bridgehead atoms. The third-order valence-corrected chi connectivity index (χ3v) is 12.8. The fourth-order valence-electron chi connectivity index (χ4n) is 8.63. The van der Waals surface area contributed by atoms with Gasteiger partial charge in [-0.3, -0.25) is 19.4 Å². The van der Waals surface area contributed by atoms with Crippen molar-refractivity contribution >= 4 is 28.9 Å². The molecule has 2 saturated heterocycles. The number of ether oxygens (including phenoxy) is 2. The van der Waals surface area contributed by atoms with E-state index in [1.807, 2.05) is 13.0 Å². The molecule has 2 aromatic heterocycles. The highest BCUT2D eigenvalue weighted by molar-refractivity contribution is 7.10. The predicted octanol–water partition coefficient (Wildman–Crippen LogP) is 9.01. The summed E-state index contributed by atoms with van der Waals surface area (Å²) in [5.74, 6) is -1.38. The summed E-state index contributed by atoms with van der Waals surface area (Å²) in [6.45, 7) is 5.26. The number of likely N-dealkylation sites (tertiary alicyclic amines) is 2. The van der Waals surface area contributed by atoms with Crippen LogP contribution >= 0.6 is 11.3 Å². The summed E-state index contributed by atoms with van der Waals surface area (Å²) in [5, 5.41) is 11.8. The summed E-state index contributed by atoms with van der Waals surface area (Å²) in [6, 6.07) is 11.0. The third-order valence-electron chi connectivity index (χ3n) is 11.9. The molecule has 16 heteroatoms. The second-order valence-corrected chi connectivity index (χ2v) is 16.4. The van der Waals surface area contributed by atoms with E-state index in [4.69, 9.17) is 9.47 Å². The molecule has 1 saturated carbocycles. The van der Waals surface area contributed by atoms with E-state index in [0.717, 1.165) is 34.7 Å². The van der Waals surface area contributed by atoms with Gasteiger partial charge in [0.2, 0.25) is 5.60 Å². The van der Waals surface area contributed by atoms with E-state index in [2.05, 4.69) is 11.1 Å². The Morgan fingerprint density at radius 3 is 2.33 bits per heavy atom. The summed E-state index contributed by atoms with van der Waals surface area (Å²) >= 11 is 0.373. The van der Waals surface area contributed by atoms with E-state index >= 15 is 4.79 Å². The molecule has 0 unspecified atom stereocenters. The molecular formula is C41H44F6N4O5S. The molecule has 4 atom stereocenters. The summed E-state index contributed by atoms with van der Waals surface area (Å²) in [5.41, 5.74) is -5.06. The third kappa shape index (κ3) is 8.22. The van der Waals surface area contributed by atoms with Crippen molar-refractivity contribution < 1.29 is 50.2 Å². The van der Waals surface area contributed by atoms with Crippen LogP contribution in [0, 0.1) is 16.7 Å². The highest BCUT2D eigenvalue weighted by atomic mass is 32.1. The van der Waals surface area contributed by atoms with E-state index < -0.39 is 62.8 Å². The first-order chi connectivity index (χ1) is 26.9. The van der Waals surface area contributed by atoms with Crippen molar-refractivity contribution in [2.45, 2.75) is 114 Å². The molecule has 4 heterocycles. The van der Waals surface area contributed by atoms with Crippen molar-refractivity contribution in [2.75, 3.05) is 19.6 Å². The van der Waals surface area contributed by atoms with Crippen molar-refractivity contribution in [3.63, 3.8) is 0 Å². The Morgan fingerprint density at radius 1 is 1.00 bits per heavy atom. The quantitative estimate of drug-likeness (QED) is 0.188. The number of hydrogen-bond acceptors (Lipinski definition) is 8. The number of carbonyl (C=O) groups is 3. The first kappa shape index (κ1) is 42.0. The molecule has 1 aliphatic carbocycles. The number of alkyl halides is 6. The largest absolute Gasteiger partial charge is 0.490 e. The molecule has 3 fully saturated rings. The van der Waals surface area contributed by atoms with Gasteiger partial charge in [-0.05, 0) is 70.1 Å². The second-order valence-electron chi connectivity index (χ2n) is 15.5. The topological polar surface area (TPSA) is 113 Å². The molecule has 1 aromatic carbocycles. The SMILES string of the molecule is CCC[C@H]1N(C(=O)c2ncccc2C(F)(F)F)CCC[C@@]1(Oc1csc(C(F)(F)F)c1)C(=O)N1CCC(C#N)(c2ccccc2O[C@@H]2CC[C@@](C)(C(C)=O)C2)CC1. The van der Waals surface area contributed by atoms with E-state index in [1.54, 1.807) is 32.0 Å². The van der Waals surface area contributed by atoms with Crippen molar-refractivity contribution in [2.24, 2.45) is 5.41 Å². The van der Waals surface area contributed by atoms with Crippen molar-refractivity contribution in [3.8, 4) is 17.6 Å². The minimum atomic E-state index is -4.92. The van der Waals surface area contributed by atoms with Gasteiger partial charge < -0.3 is 19.3 Å². The van der Waals surface area contributed by atoms with Crippen LogP contribution in [-0.2, 0) is 27.4 Å². The predicted molar refractivity (Wildman–Crippen MR) is 197 cm³/mol. The fourth-order valence-corrected chi connectivity index (χ4v) is 9.30. The number of Topliss-reactive ketones (excluding diaryl/α,β-unsaturated/α-hetero) is 1. The van der Waals surface area contributed by atoms with Crippen LogP contribution in [-0.4, -0.2) is 69.8 Å². The number of halogens is 6. The zero-order valence-electron chi connectivity index (χ0n) is 31.8. The maximum atomic E-state index is 15.1. The highest BCUT2D eigenvalue weighted by Crippen LogP contribution is 2.46. The first-order valence-corrected chi connectivity index (χ1v) is 19.9. The van der Waals surface area contributed by atoms with Crippen LogP contribution in [0.5, 0.6) is 11.5 Å². The van der Waals surface area contributed by atoms with E-state index in [9.17, 15) is 41.2 Å². The molecule has 3 aromatic rings. The molecule has 2 aliphatic heterocycles. The van der Waals surface area contributed by atoms with Crippen LogP contribution in [0.3, 0.4) is 0 Å². The van der Waals surface area contributed by atoms with E-state index in [1.165, 1.54) is 4.90 Å². The zero-order chi connectivity index (χ0) is 41.4. The smallest absolute Gasteiger partial charge is 0.425 e.